The molecule has 1 aliphatic rings. The van der Waals surface area contributed by atoms with Crippen molar-refractivity contribution in [2.75, 3.05) is 25.8 Å². The summed E-state index contributed by atoms with van der Waals surface area (Å²) in [7, 11) is 1.46. The van der Waals surface area contributed by atoms with Gasteiger partial charge < -0.3 is 29.6 Å². The zero-order valence-electron chi connectivity index (χ0n) is 21.7. The molecular formula is C28H28N4O7. The highest BCUT2D eigenvalue weighted by Crippen LogP contribution is 2.32. The Balaban J connectivity index is 1.26. The van der Waals surface area contributed by atoms with Crippen LogP contribution in [-0.2, 0) is 20.9 Å². The fourth-order valence-corrected chi connectivity index (χ4v) is 3.74. The van der Waals surface area contributed by atoms with Crippen molar-refractivity contribution in [3.05, 3.63) is 76.9 Å². The highest BCUT2D eigenvalue weighted by atomic mass is 16.7. The summed E-state index contributed by atoms with van der Waals surface area (Å²) in [6.07, 6.45) is 1.35. The fraction of sp³-hybridized carbons (Fsp3) is 0.214. The molecule has 0 saturated heterocycles. The van der Waals surface area contributed by atoms with Crippen LogP contribution in [0.5, 0.6) is 23.0 Å². The quantitative estimate of drug-likeness (QED) is 0.219. The average Bonchev–Trinajstić information content (AvgIpc) is 3.41. The minimum absolute atomic E-state index is 0.133. The largest absolute Gasteiger partial charge is 0.493 e. The van der Waals surface area contributed by atoms with E-state index in [0.717, 1.165) is 22.4 Å². The van der Waals surface area contributed by atoms with Gasteiger partial charge >= 0.3 is 11.8 Å². The molecule has 3 aromatic rings. The van der Waals surface area contributed by atoms with E-state index < -0.39 is 11.8 Å². The first-order valence-electron chi connectivity index (χ1n) is 12.0. The van der Waals surface area contributed by atoms with Crippen LogP contribution < -0.4 is 35.0 Å². The van der Waals surface area contributed by atoms with Crippen LogP contribution in [0, 0.1) is 13.8 Å². The van der Waals surface area contributed by atoms with Crippen molar-refractivity contribution in [3.63, 3.8) is 0 Å². The van der Waals surface area contributed by atoms with Crippen LogP contribution in [0.2, 0.25) is 0 Å². The third kappa shape index (κ3) is 7.04. The number of nitrogens with zero attached hydrogens (tertiary/aromatic N) is 1. The standard InChI is InChI=1S/C28H28N4O7/c1-17-5-4-6-18(2)26(17)31-25(33)15-37-21-9-8-20(11-23(21)36-3)14-30-32-28(35)27(34)29-13-19-7-10-22-24(12-19)39-16-38-22/h4-12,14H,13,15-16H2,1-3H3,(H,29,34)(H,31,33)(H,32,35)/b30-14-. The molecular weight excluding hydrogens is 504 g/mol. The minimum Gasteiger partial charge on any atom is -0.493 e. The summed E-state index contributed by atoms with van der Waals surface area (Å²) in [5.74, 6) is -0.126. The van der Waals surface area contributed by atoms with E-state index in [4.69, 9.17) is 18.9 Å². The topological polar surface area (TPSA) is 137 Å². The van der Waals surface area contributed by atoms with Crippen LogP contribution in [0.1, 0.15) is 22.3 Å². The van der Waals surface area contributed by atoms with Gasteiger partial charge in [0.25, 0.3) is 5.91 Å². The molecule has 3 N–H and O–H groups in total. The zero-order valence-corrected chi connectivity index (χ0v) is 21.7. The molecule has 0 atom stereocenters. The van der Waals surface area contributed by atoms with Gasteiger partial charge in [-0.05, 0) is 66.4 Å². The number of hydrogen-bond acceptors (Lipinski definition) is 8. The minimum atomic E-state index is -0.922. The maximum atomic E-state index is 12.4. The van der Waals surface area contributed by atoms with E-state index in [1.807, 2.05) is 32.0 Å². The molecule has 4 rings (SSSR count). The van der Waals surface area contributed by atoms with E-state index in [0.29, 0.717) is 28.6 Å². The number of aryl methyl sites for hydroxylation is 2. The second-order valence-corrected chi connectivity index (χ2v) is 8.58. The predicted octanol–water partition coefficient (Wildman–Crippen LogP) is 2.82. The Kier molecular flexibility index (Phi) is 8.62. The van der Waals surface area contributed by atoms with E-state index >= 15 is 0 Å². The van der Waals surface area contributed by atoms with Crippen molar-refractivity contribution in [2.24, 2.45) is 5.10 Å². The highest BCUT2D eigenvalue weighted by molar-refractivity contribution is 6.35. The van der Waals surface area contributed by atoms with Gasteiger partial charge in [-0.15, -0.1) is 0 Å². The van der Waals surface area contributed by atoms with Crippen LogP contribution in [-0.4, -0.2) is 44.4 Å². The average molecular weight is 533 g/mol. The van der Waals surface area contributed by atoms with E-state index in [1.165, 1.54) is 13.3 Å². The third-order valence-corrected chi connectivity index (χ3v) is 5.77. The molecule has 0 aromatic heterocycles. The number of anilines is 1. The number of hydrogen-bond donors (Lipinski definition) is 3. The van der Waals surface area contributed by atoms with Gasteiger partial charge in [-0.1, -0.05) is 24.3 Å². The molecule has 0 radical (unpaired) electrons. The first-order chi connectivity index (χ1) is 18.8. The Morgan fingerprint density at radius 1 is 0.949 bits per heavy atom. The van der Waals surface area contributed by atoms with E-state index in [1.54, 1.807) is 36.4 Å². The monoisotopic (exact) mass is 532 g/mol. The van der Waals surface area contributed by atoms with Crippen molar-refractivity contribution in [3.8, 4) is 23.0 Å². The first kappa shape index (κ1) is 27.0. The van der Waals surface area contributed by atoms with Gasteiger partial charge in [0, 0.05) is 12.2 Å². The summed E-state index contributed by atoms with van der Waals surface area (Å²) in [5, 5.41) is 9.21. The Morgan fingerprint density at radius 3 is 2.49 bits per heavy atom. The van der Waals surface area contributed by atoms with Gasteiger partial charge in [0.15, 0.2) is 29.6 Å². The summed E-state index contributed by atoms with van der Waals surface area (Å²) in [5.41, 5.74) is 6.17. The van der Waals surface area contributed by atoms with E-state index in [-0.39, 0.29) is 25.9 Å². The predicted molar refractivity (Wildman–Crippen MR) is 143 cm³/mol. The summed E-state index contributed by atoms with van der Waals surface area (Å²) in [6.45, 7) is 3.91. The number of rotatable bonds is 9. The van der Waals surface area contributed by atoms with Crippen molar-refractivity contribution in [1.29, 1.82) is 0 Å². The van der Waals surface area contributed by atoms with Gasteiger partial charge in [-0.2, -0.15) is 5.10 Å². The molecule has 3 amide bonds. The Morgan fingerprint density at radius 2 is 1.72 bits per heavy atom. The summed E-state index contributed by atoms with van der Waals surface area (Å²) < 4.78 is 21.5. The summed E-state index contributed by atoms with van der Waals surface area (Å²) in [4.78, 5) is 36.6. The van der Waals surface area contributed by atoms with Gasteiger partial charge in [0.05, 0.1) is 13.3 Å². The fourth-order valence-electron chi connectivity index (χ4n) is 3.74. The van der Waals surface area contributed by atoms with Crippen LogP contribution in [0.15, 0.2) is 59.7 Å². The lowest BCUT2D eigenvalue weighted by atomic mass is 10.1. The van der Waals surface area contributed by atoms with Crippen molar-refractivity contribution in [1.82, 2.24) is 10.7 Å². The second kappa shape index (κ2) is 12.5. The molecule has 11 heteroatoms. The third-order valence-electron chi connectivity index (χ3n) is 5.77. The number of nitrogens with one attached hydrogen (secondary N) is 3. The number of carbonyl (C=O) groups is 3. The molecule has 0 aliphatic carbocycles. The Bertz CT molecular complexity index is 1400. The molecule has 1 aliphatic heterocycles. The van der Waals surface area contributed by atoms with Gasteiger partial charge in [0.1, 0.15) is 0 Å². The first-order valence-corrected chi connectivity index (χ1v) is 12.0. The molecule has 202 valence electrons. The maximum absolute atomic E-state index is 12.4. The van der Waals surface area contributed by atoms with Crippen LogP contribution in [0.3, 0.4) is 0 Å². The highest BCUT2D eigenvalue weighted by Gasteiger charge is 2.16. The number of fused-ring (bicyclic) bond motifs is 1. The van der Waals surface area contributed by atoms with Crippen LogP contribution in [0.4, 0.5) is 5.69 Å². The molecule has 1 heterocycles. The molecule has 0 saturated carbocycles. The molecule has 39 heavy (non-hydrogen) atoms. The molecule has 11 nitrogen and oxygen atoms in total. The zero-order chi connectivity index (χ0) is 27.8. The Hall–Kier alpha value is -5.06. The molecule has 0 spiro atoms. The summed E-state index contributed by atoms with van der Waals surface area (Å²) >= 11 is 0. The van der Waals surface area contributed by atoms with Crippen molar-refractivity contribution < 1.29 is 33.3 Å². The smallest absolute Gasteiger partial charge is 0.329 e. The number of hydrazone groups is 1. The van der Waals surface area contributed by atoms with Gasteiger partial charge in [0.2, 0.25) is 6.79 Å². The number of benzene rings is 3. The lowest BCUT2D eigenvalue weighted by molar-refractivity contribution is -0.139. The second-order valence-electron chi connectivity index (χ2n) is 8.58. The van der Waals surface area contributed by atoms with Crippen molar-refractivity contribution in [2.45, 2.75) is 20.4 Å². The van der Waals surface area contributed by atoms with Gasteiger partial charge in [-0.25, -0.2) is 5.43 Å². The maximum Gasteiger partial charge on any atom is 0.329 e. The Labute approximate surface area is 225 Å². The lowest BCUT2D eigenvalue weighted by Crippen LogP contribution is -2.37. The van der Waals surface area contributed by atoms with Crippen LogP contribution in [0.25, 0.3) is 0 Å². The van der Waals surface area contributed by atoms with Gasteiger partial charge in [-0.3, -0.25) is 14.4 Å². The number of para-hydroxylation sites is 1. The van der Waals surface area contributed by atoms with E-state index in [2.05, 4.69) is 21.2 Å². The normalized spacial score (nSPS) is 11.7. The molecule has 0 fully saturated rings. The van der Waals surface area contributed by atoms with Crippen molar-refractivity contribution >= 4 is 29.6 Å². The number of methoxy groups -OCH3 is 1. The number of carbonyl (C=O) groups excluding carboxylic acids is 3. The molecule has 0 unspecified atom stereocenters. The molecule has 0 bridgehead atoms. The molecule has 3 aromatic carbocycles. The number of amides is 3. The van der Waals surface area contributed by atoms with E-state index in [9.17, 15) is 14.4 Å². The lowest BCUT2D eigenvalue weighted by Gasteiger charge is -2.13. The SMILES string of the molecule is COc1cc(/C=N\NC(=O)C(=O)NCc2ccc3c(c2)OCO3)ccc1OCC(=O)Nc1c(C)cccc1C. The summed E-state index contributed by atoms with van der Waals surface area (Å²) in [6, 6.07) is 15.9. The van der Waals surface area contributed by atoms with Crippen LogP contribution >= 0.6 is 0 Å². The number of ether oxygens (including phenoxy) is 4.